The smallest absolute Gasteiger partial charge is 0.337 e. The van der Waals surface area contributed by atoms with Crippen molar-refractivity contribution in [2.45, 2.75) is 18.9 Å². The molecule has 2 N–H and O–H groups in total. The Balaban J connectivity index is 2.01. The average molecular weight is 445 g/mol. The molecule has 0 aliphatic rings. The van der Waals surface area contributed by atoms with Gasteiger partial charge in [0.05, 0.1) is 30.2 Å². The Hall–Kier alpha value is -3.24. The number of hydrogen-bond acceptors (Lipinski definition) is 8. The topological polar surface area (TPSA) is 129 Å². The van der Waals surface area contributed by atoms with E-state index in [1.807, 2.05) is 30.3 Å². The fourth-order valence-corrected chi connectivity index (χ4v) is 3.50. The van der Waals surface area contributed by atoms with Crippen molar-refractivity contribution in [1.82, 2.24) is 10.2 Å². The zero-order valence-electron chi connectivity index (χ0n) is 17.7. The number of aromatic nitrogens is 2. The lowest BCUT2D eigenvalue weighted by Crippen LogP contribution is -2.35. The van der Waals surface area contributed by atoms with Crippen molar-refractivity contribution in [3.05, 3.63) is 65.5 Å². The van der Waals surface area contributed by atoms with Crippen LogP contribution < -0.4 is 10.0 Å². The predicted octanol–water partition coefficient (Wildman–Crippen LogP) is 2.34. The minimum Gasteiger partial charge on any atom is -0.465 e. The first-order valence-corrected chi connectivity index (χ1v) is 11.2. The molecule has 0 aliphatic carbocycles. The minimum atomic E-state index is -3.56. The van der Waals surface area contributed by atoms with Crippen LogP contribution in [0.15, 0.2) is 52.9 Å². The van der Waals surface area contributed by atoms with E-state index in [4.69, 9.17) is 14.9 Å². The molecular formula is C21H24N4O5S. The van der Waals surface area contributed by atoms with Gasteiger partial charge in [-0.05, 0) is 37.1 Å². The number of nitrogens with two attached hydrogens (primary N) is 1. The van der Waals surface area contributed by atoms with E-state index in [0.717, 1.165) is 16.1 Å². The molecule has 1 aromatic heterocycles. The second-order valence-electron chi connectivity index (χ2n) is 7.48. The molecule has 3 rings (SSSR count). The van der Waals surface area contributed by atoms with Gasteiger partial charge in [0, 0.05) is 12.6 Å². The van der Waals surface area contributed by atoms with Gasteiger partial charge in [-0.1, -0.05) is 30.3 Å². The number of carbonyl (C=O) groups excluding carboxylic acids is 1. The van der Waals surface area contributed by atoms with Crippen LogP contribution in [0.3, 0.4) is 0 Å². The Morgan fingerprint density at radius 3 is 2.48 bits per heavy atom. The van der Waals surface area contributed by atoms with Gasteiger partial charge < -0.3 is 14.9 Å². The molecule has 31 heavy (non-hydrogen) atoms. The fraction of sp³-hybridized carbons (Fsp3) is 0.286. The SMILES string of the molecule is COC(=O)c1cc(-c2nnc([C@](C)(N)Cc3ccccc3)o2)cc(N(C)S(C)(=O)=O)c1. The quantitative estimate of drug-likeness (QED) is 0.550. The number of esters is 1. The normalized spacial score (nSPS) is 13.5. The van der Waals surface area contributed by atoms with Crippen molar-refractivity contribution in [3.63, 3.8) is 0 Å². The Labute approximate surface area is 180 Å². The van der Waals surface area contributed by atoms with Crippen molar-refractivity contribution >= 4 is 21.7 Å². The second kappa shape index (κ2) is 8.48. The molecule has 0 amide bonds. The number of ether oxygens (including phenoxy) is 1. The summed E-state index contributed by atoms with van der Waals surface area (Å²) in [6.07, 6.45) is 1.53. The Bertz CT molecular complexity index is 1190. The van der Waals surface area contributed by atoms with Gasteiger partial charge in [0.2, 0.25) is 21.8 Å². The van der Waals surface area contributed by atoms with Gasteiger partial charge in [0.25, 0.3) is 0 Å². The van der Waals surface area contributed by atoms with Crippen LogP contribution in [0, 0.1) is 0 Å². The van der Waals surface area contributed by atoms with Gasteiger partial charge in [-0.15, -0.1) is 10.2 Å². The molecule has 164 valence electrons. The van der Waals surface area contributed by atoms with E-state index in [1.54, 1.807) is 6.92 Å². The zero-order valence-corrected chi connectivity index (χ0v) is 18.5. The van der Waals surface area contributed by atoms with E-state index in [0.29, 0.717) is 12.0 Å². The highest BCUT2D eigenvalue weighted by atomic mass is 32.2. The Morgan fingerprint density at radius 2 is 1.87 bits per heavy atom. The first kappa shape index (κ1) is 22.4. The van der Waals surface area contributed by atoms with Gasteiger partial charge in [-0.3, -0.25) is 4.31 Å². The van der Waals surface area contributed by atoms with Crippen LogP contribution in [0.2, 0.25) is 0 Å². The van der Waals surface area contributed by atoms with E-state index in [-0.39, 0.29) is 23.0 Å². The summed E-state index contributed by atoms with van der Waals surface area (Å²) in [6, 6.07) is 14.1. The molecule has 1 heterocycles. The third-order valence-electron chi connectivity index (χ3n) is 4.77. The summed E-state index contributed by atoms with van der Waals surface area (Å²) in [5.74, 6) is -0.307. The lowest BCUT2D eigenvalue weighted by atomic mass is 9.94. The van der Waals surface area contributed by atoms with E-state index in [9.17, 15) is 13.2 Å². The number of rotatable bonds is 7. The van der Waals surface area contributed by atoms with Crippen LogP contribution in [0.5, 0.6) is 0 Å². The van der Waals surface area contributed by atoms with Crippen molar-refractivity contribution < 1.29 is 22.4 Å². The number of benzene rings is 2. The van der Waals surface area contributed by atoms with Gasteiger partial charge in [-0.25, -0.2) is 13.2 Å². The zero-order chi connectivity index (χ0) is 22.8. The predicted molar refractivity (Wildman–Crippen MR) is 116 cm³/mol. The van der Waals surface area contributed by atoms with Crippen LogP contribution in [0.25, 0.3) is 11.5 Å². The summed E-state index contributed by atoms with van der Waals surface area (Å²) in [5, 5.41) is 8.16. The standard InChI is InChI=1S/C21H24N4O5S/c1-21(22,13-14-8-6-5-7-9-14)20-24-23-18(30-20)15-10-16(19(26)29-3)12-17(11-15)25(2)31(4,27)28/h5-12H,13,22H2,1-4H3/t21-/m1/s1. The summed E-state index contributed by atoms with van der Waals surface area (Å²) in [7, 11) is -0.942. The molecule has 0 saturated heterocycles. The number of methoxy groups -OCH3 is 1. The number of hydrogen-bond donors (Lipinski definition) is 1. The first-order valence-electron chi connectivity index (χ1n) is 9.36. The van der Waals surface area contributed by atoms with Gasteiger partial charge in [0.15, 0.2) is 0 Å². The third-order valence-corrected chi connectivity index (χ3v) is 5.98. The van der Waals surface area contributed by atoms with E-state index < -0.39 is 21.5 Å². The molecule has 3 aromatic rings. The van der Waals surface area contributed by atoms with Crippen LogP contribution in [0.4, 0.5) is 5.69 Å². The highest BCUT2D eigenvalue weighted by molar-refractivity contribution is 7.92. The Morgan fingerprint density at radius 1 is 1.19 bits per heavy atom. The molecule has 0 bridgehead atoms. The molecule has 0 aliphatic heterocycles. The molecule has 2 aromatic carbocycles. The molecule has 0 spiro atoms. The van der Waals surface area contributed by atoms with Crippen LogP contribution >= 0.6 is 0 Å². The number of carbonyl (C=O) groups is 1. The molecule has 0 radical (unpaired) electrons. The highest BCUT2D eigenvalue weighted by Crippen LogP contribution is 2.30. The maximum atomic E-state index is 12.1. The number of sulfonamides is 1. The molecule has 0 unspecified atom stereocenters. The largest absolute Gasteiger partial charge is 0.465 e. The first-order chi connectivity index (χ1) is 14.5. The summed E-state index contributed by atoms with van der Waals surface area (Å²) < 4.78 is 35.6. The van der Waals surface area contributed by atoms with Crippen LogP contribution in [0.1, 0.15) is 28.7 Å². The summed E-state index contributed by atoms with van der Waals surface area (Å²) in [4.78, 5) is 12.1. The minimum absolute atomic E-state index is 0.105. The second-order valence-corrected chi connectivity index (χ2v) is 9.50. The molecular weight excluding hydrogens is 420 g/mol. The fourth-order valence-electron chi connectivity index (χ4n) is 3.01. The van der Waals surface area contributed by atoms with Crippen molar-refractivity contribution in [2.24, 2.45) is 5.73 Å². The molecule has 0 fully saturated rings. The van der Waals surface area contributed by atoms with Crippen molar-refractivity contribution in [1.29, 1.82) is 0 Å². The number of anilines is 1. The summed E-state index contributed by atoms with van der Waals surface area (Å²) in [6.45, 7) is 1.78. The van der Waals surface area contributed by atoms with Crippen molar-refractivity contribution in [3.8, 4) is 11.5 Å². The molecule has 0 saturated carbocycles. The monoisotopic (exact) mass is 444 g/mol. The highest BCUT2D eigenvalue weighted by Gasteiger charge is 2.29. The number of nitrogens with zero attached hydrogens (tertiary/aromatic N) is 3. The van der Waals surface area contributed by atoms with Crippen molar-refractivity contribution in [2.75, 3.05) is 24.7 Å². The maximum Gasteiger partial charge on any atom is 0.337 e. The lowest BCUT2D eigenvalue weighted by Gasteiger charge is -2.20. The van der Waals surface area contributed by atoms with Crippen LogP contribution in [-0.2, 0) is 26.7 Å². The van der Waals surface area contributed by atoms with E-state index in [1.165, 1.54) is 32.4 Å². The Kier molecular flexibility index (Phi) is 6.14. The summed E-state index contributed by atoms with van der Waals surface area (Å²) >= 11 is 0. The third kappa shape index (κ3) is 5.09. The molecule has 10 heteroatoms. The summed E-state index contributed by atoms with van der Waals surface area (Å²) in [5.41, 5.74) is 7.28. The van der Waals surface area contributed by atoms with Gasteiger partial charge in [0.1, 0.15) is 0 Å². The molecule has 9 nitrogen and oxygen atoms in total. The van der Waals surface area contributed by atoms with Crippen LogP contribution in [-0.4, -0.2) is 45.0 Å². The lowest BCUT2D eigenvalue weighted by molar-refractivity contribution is 0.0601. The van der Waals surface area contributed by atoms with E-state index >= 15 is 0 Å². The average Bonchev–Trinajstić information content (AvgIpc) is 3.23. The van der Waals surface area contributed by atoms with Gasteiger partial charge in [-0.2, -0.15) is 0 Å². The molecule has 1 atom stereocenters. The van der Waals surface area contributed by atoms with Gasteiger partial charge >= 0.3 is 5.97 Å². The van der Waals surface area contributed by atoms with E-state index in [2.05, 4.69) is 10.2 Å². The maximum absolute atomic E-state index is 12.1.